The van der Waals surface area contributed by atoms with Crippen LogP contribution in [0.2, 0.25) is 0 Å². The standard InChI is InChI=1S/C15H19N5O2S/c1-2-3-14-17-11(9-23-14)15(21)19-5-4-13-12(7-19)20-10(8-22-13)6-16-18-20/h6,9,12-13H,2-5,7-8H2,1H3/t12-,13-/m0/s1. The summed E-state index contributed by atoms with van der Waals surface area (Å²) < 4.78 is 7.80. The predicted molar refractivity (Wildman–Crippen MR) is 84.3 cm³/mol. The summed E-state index contributed by atoms with van der Waals surface area (Å²) in [7, 11) is 0. The number of ether oxygens (including phenoxy) is 1. The normalized spacial score (nSPS) is 23.4. The van der Waals surface area contributed by atoms with Crippen LogP contribution >= 0.6 is 11.3 Å². The maximum atomic E-state index is 12.7. The van der Waals surface area contributed by atoms with Gasteiger partial charge in [0, 0.05) is 18.5 Å². The lowest BCUT2D eigenvalue weighted by Crippen LogP contribution is -2.50. The molecule has 4 heterocycles. The number of carbonyl (C=O) groups is 1. The number of fused-ring (bicyclic) bond motifs is 3. The van der Waals surface area contributed by atoms with Gasteiger partial charge in [-0.2, -0.15) is 0 Å². The smallest absolute Gasteiger partial charge is 0.273 e. The minimum absolute atomic E-state index is 0.00860. The highest BCUT2D eigenvalue weighted by atomic mass is 32.1. The van der Waals surface area contributed by atoms with Crippen LogP contribution in [0, 0.1) is 0 Å². The number of nitrogens with zero attached hydrogens (tertiary/aromatic N) is 5. The molecule has 2 atom stereocenters. The molecule has 4 rings (SSSR count). The van der Waals surface area contributed by atoms with Crippen LogP contribution in [-0.2, 0) is 17.8 Å². The Morgan fingerprint density at radius 3 is 3.30 bits per heavy atom. The van der Waals surface area contributed by atoms with Crippen LogP contribution in [-0.4, -0.2) is 50.0 Å². The summed E-state index contributed by atoms with van der Waals surface area (Å²) in [5.41, 5.74) is 1.53. The molecule has 0 bridgehead atoms. The summed E-state index contributed by atoms with van der Waals surface area (Å²) in [5.74, 6) is 0.00860. The van der Waals surface area contributed by atoms with E-state index in [2.05, 4.69) is 22.2 Å². The molecule has 122 valence electrons. The molecule has 0 aliphatic carbocycles. The second kappa shape index (κ2) is 6.01. The Bertz CT molecular complexity index is 712. The number of aromatic nitrogens is 4. The molecular weight excluding hydrogens is 314 g/mol. The molecule has 8 heteroatoms. The number of amides is 1. The highest BCUT2D eigenvalue weighted by Crippen LogP contribution is 2.30. The zero-order chi connectivity index (χ0) is 15.8. The molecule has 7 nitrogen and oxygen atoms in total. The second-order valence-corrected chi connectivity index (χ2v) is 6.95. The molecule has 1 saturated heterocycles. The average molecular weight is 333 g/mol. The number of hydrogen-bond donors (Lipinski definition) is 0. The first-order chi connectivity index (χ1) is 11.3. The highest BCUT2D eigenvalue weighted by molar-refractivity contribution is 7.09. The van der Waals surface area contributed by atoms with E-state index in [-0.39, 0.29) is 18.1 Å². The number of carbonyl (C=O) groups excluding carboxylic acids is 1. The monoisotopic (exact) mass is 333 g/mol. The van der Waals surface area contributed by atoms with E-state index in [0.717, 1.165) is 30.0 Å². The van der Waals surface area contributed by atoms with Crippen LogP contribution in [0.1, 0.15) is 47.0 Å². The molecule has 0 aromatic carbocycles. The van der Waals surface area contributed by atoms with E-state index < -0.39 is 0 Å². The van der Waals surface area contributed by atoms with Gasteiger partial charge in [-0.3, -0.25) is 4.79 Å². The molecule has 0 spiro atoms. The zero-order valence-electron chi connectivity index (χ0n) is 13.0. The summed E-state index contributed by atoms with van der Waals surface area (Å²) in [6.45, 7) is 3.96. The third-order valence-corrected chi connectivity index (χ3v) is 5.36. The van der Waals surface area contributed by atoms with Crippen molar-refractivity contribution in [1.82, 2.24) is 24.9 Å². The van der Waals surface area contributed by atoms with Gasteiger partial charge in [0.05, 0.1) is 35.7 Å². The maximum Gasteiger partial charge on any atom is 0.273 e. The molecule has 2 aromatic rings. The van der Waals surface area contributed by atoms with Crippen molar-refractivity contribution >= 4 is 17.2 Å². The second-order valence-electron chi connectivity index (χ2n) is 6.00. The first-order valence-electron chi connectivity index (χ1n) is 8.00. The van der Waals surface area contributed by atoms with E-state index in [1.165, 1.54) is 0 Å². The van der Waals surface area contributed by atoms with Crippen LogP contribution in [0.15, 0.2) is 11.6 Å². The zero-order valence-corrected chi connectivity index (χ0v) is 13.8. The van der Waals surface area contributed by atoms with Crippen molar-refractivity contribution < 1.29 is 9.53 Å². The highest BCUT2D eigenvalue weighted by Gasteiger charge is 2.38. The lowest BCUT2D eigenvalue weighted by molar-refractivity contribution is -0.0605. The van der Waals surface area contributed by atoms with Crippen LogP contribution in [0.5, 0.6) is 0 Å². The van der Waals surface area contributed by atoms with Crippen molar-refractivity contribution in [3.63, 3.8) is 0 Å². The molecule has 2 aliphatic rings. The lowest BCUT2D eigenvalue weighted by atomic mass is 10.00. The Kier molecular flexibility index (Phi) is 3.86. The minimum atomic E-state index is 0.00860. The van der Waals surface area contributed by atoms with Gasteiger partial charge in [0.1, 0.15) is 5.69 Å². The van der Waals surface area contributed by atoms with Gasteiger partial charge in [0.25, 0.3) is 5.91 Å². The van der Waals surface area contributed by atoms with Gasteiger partial charge in [0.15, 0.2) is 0 Å². The Hall–Kier alpha value is -1.80. The summed E-state index contributed by atoms with van der Waals surface area (Å²) in [5, 5.41) is 11.0. The minimum Gasteiger partial charge on any atom is -0.370 e. The van der Waals surface area contributed by atoms with Gasteiger partial charge in [-0.15, -0.1) is 16.4 Å². The van der Waals surface area contributed by atoms with Crippen molar-refractivity contribution in [2.24, 2.45) is 0 Å². The number of aryl methyl sites for hydroxylation is 1. The van der Waals surface area contributed by atoms with Crippen molar-refractivity contribution in [2.45, 2.75) is 44.9 Å². The van der Waals surface area contributed by atoms with Crippen molar-refractivity contribution in [3.8, 4) is 0 Å². The summed E-state index contributed by atoms with van der Waals surface area (Å²) >= 11 is 1.57. The van der Waals surface area contributed by atoms with Gasteiger partial charge in [-0.05, 0) is 19.3 Å². The fourth-order valence-electron chi connectivity index (χ4n) is 3.26. The van der Waals surface area contributed by atoms with E-state index in [1.54, 1.807) is 17.5 Å². The van der Waals surface area contributed by atoms with E-state index in [1.807, 2.05) is 15.0 Å². The van der Waals surface area contributed by atoms with Crippen LogP contribution in [0.25, 0.3) is 0 Å². The third kappa shape index (κ3) is 2.66. The van der Waals surface area contributed by atoms with Gasteiger partial charge >= 0.3 is 0 Å². The Balaban J connectivity index is 1.51. The fraction of sp³-hybridized carbons (Fsp3) is 0.600. The van der Waals surface area contributed by atoms with Crippen LogP contribution in [0.4, 0.5) is 0 Å². The Morgan fingerprint density at radius 1 is 1.52 bits per heavy atom. The van der Waals surface area contributed by atoms with E-state index in [4.69, 9.17) is 4.74 Å². The SMILES string of the molecule is CCCc1nc(C(=O)N2CC[C@@H]3OCc4cnnn4[C@H]3C2)cs1. The molecule has 0 unspecified atom stereocenters. The fourth-order valence-corrected chi connectivity index (χ4v) is 4.14. The lowest BCUT2D eigenvalue weighted by Gasteiger charge is -2.40. The molecule has 1 amide bonds. The first kappa shape index (κ1) is 14.8. The number of rotatable bonds is 3. The summed E-state index contributed by atoms with van der Waals surface area (Å²) in [6.07, 6.45) is 4.63. The summed E-state index contributed by atoms with van der Waals surface area (Å²) in [4.78, 5) is 19.1. The van der Waals surface area contributed by atoms with Gasteiger partial charge in [0.2, 0.25) is 0 Å². The predicted octanol–water partition coefficient (Wildman–Crippen LogP) is 1.67. The quantitative estimate of drug-likeness (QED) is 0.854. The summed E-state index contributed by atoms with van der Waals surface area (Å²) in [6, 6.07) is 0.0488. The van der Waals surface area contributed by atoms with Crippen LogP contribution < -0.4 is 0 Å². The van der Waals surface area contributed by atoms with Crippen molar-refractivity contribution in [3.05, 3.63) is 28.0 Å². The maximum absolute atomic E-state index is 12.7. The number of likely N-dealkylation sites (tertiary alicyclic amines) is 1. The van der Waals surface area contributed by atoms with Gasteiger partial charge < -0.3 is 9.64 Å². The molecule has 2 aromatic heterocycles. The molecule has 2 aliphatic heterocycles. The first-order valence-corrected chi connectivity index (χ1v) is 8.88. The van der Waals surface area contributed by atoms with Gasteiger partial charge in [-0.1, -0.05) is 12.1 Å². The topological polar surface area (TPSA) is 73.1 Å². The Labute approximate surface area is 138 Å². The third-order valence-electron chi connectivity index (χ3n) is 4.45. The molecule has 0 saturated carbocycles. The van der Waals surface area contributed by atoms with Crippen molar-refractivity contribution in [2.75, 3.05) is 13.1 Å². The van der Waals surface area contributed by atoms with E-state index in [9.17, 15) is 4.79 Å². The molecular formula is C15H19N5O2S. The Morgan fingerprint density at radius 2 is 2.43 bits per heavy atom. The van der Waals surface area contributed by atoms with Gasteiger partial charge in [-0.25, -0.2) is 9.67 Å². The molecule has 23 heavy (non-hydrogen) atoms. The van der Waals surface area contributed by atoms with E-state index >= 15 is 0 Å². The van der Waals surface area contributed by atoms with Crippen LogP contribution in [0.3, 0.4) is 0 Å². The van der Waals surface area contributed by atoms with Crippen molar-refractivity contribution in [1.29, 1.82) is 0 Å². The molecule has 1 fully saturated rings. The average Bonchev–Trinajstić information content (AvgIpc) is 3.23. The molecule has 0 radical (unpaired) electrons. The van der Waals surface area contributed by atoms with E-state index in [0.29, 0.717) is 25.4 Å². The number of thiazole rings is 1. The largest absolute Gasteiger partial charge is 0.370 e. The number of hydrogen-bond acceptors (Lipinski definition) is 6. The molecule has 0 N–H and O–H groups in total. The number of piperidine rings is 1.